The van der Waals surface area contributed by atoms with Crippen LogP contribution in [0.25, 0.3) is 22.3 Å². The average molecular weight is 376 g/mol. The topological polar surface area (TPSA) is 47.0 Å². The van der Waals surface area contributed by atoms with Gasteiger partial charge in [0.15, 0.2) is 5.82 Å². The molecule has 0 aliphatic heterocycles. The van der Waals surface area contributed by atoms with Gasteiger partial charge in [-0.1, -0.05) is 23.7 Å². The number of hydrogen-bond donors (Lipinski definition) is 1. The Bertz CT molecular complexity index is 1060. The molecule has 0 radical (unpaired) electrons. The van der Waals surface area contributed by atoms with Crippen molar-refractivity contribution in [1.29, 1.82) is 0 Å². The first-order chi connectivity index (χ1) is 13.2. The molecule has 0 aliphatic carbocycles. The smallest absolute Gasteiger partial charge is 0.162 e. The van der Waals surface area contributed by atoms with Crippen LogP contribution in [0.15, 0.2) is 72.8 Å². The van der Waals surface area contributed by atoms with Crippen molar-refractivity contribution in [2.24, 2.45) is 0 Å². The normalized spacial score (nSPS) is 10.7. The maximum Gasteiger partial charge on any atom is 0.162 e. The van der Waals surface area contributed by atoms with E-state index in [0.29, 0.717) is 17.5 Å². The summed E-state index contributed by atoms with van der Waals surface area (Å²) in [4.78, 5) is 9.46. The first kappa shape index (κ1) is 17.3. The molecule has 4 nitrogen and oxygen atoms in total. The van der Waals surface area contributed by atoms with E-state index in [1.807, 2.05) is 79.7 Å². The summed E-state index contributed by atoms with van der Waals surface area (Å²) in [6.07, 6.45) is 0. The van der Waals surface area contributed by atoms with Gasteiger partial charge in [-0.05, 0) is 67.6 Å². The highest BCUT2D eigenvalue weighted by molar-refractivity contribution is 6.30. The summed E-state index contributed by atoms with van der Waals surface area (Å²) in [5.41, 5.74) is 2.73. The summed E-state index contributed by atoms with van der Waals surface area (Å²) in [6.45, 7) is 2.62. The lowest BCUT2D eigenvalue weighted by molar-refractivity contribution is 0.340. The fraction of sp³-hybridized carbons (Fsp3) is 0.0909. The Kier molecular flexibility index (Phi) is 4.90. The molecule has 3 aromatic carbocycles. The van der Waals surface area contributed by atoms with Crippen LogP contribution in [0.2, 0.25) is 5.02 Å². The predicted octanol–water partition coefficient (Wildman–Crippen LogP) is 6.09. The van der Waals surface area contributed by atoms with E-state index in [1.54, 1.807) is 0 Å². The molecule has 134 valence electrons. The summed E-state index contributed by atoms with van der Waals surface area (Å²) >= 11 is 6.00. The van der Waals surface area contributed by atoms with Gasteiger partial charge in [-0.3, -0.25) is 0 Å². The van der Waals surface area contributed by atoms with Crippen LogP contribution >= 0.6 is 11.6 Å². The molecule has 1 N–H and O–H groups in total. The summed E-state index contributed by atoms with van der Waals surface area (Å²) < 4.78 is 5.50. The molecule has 0 fully saturated rings. The minimum atomic E-state index is 0.647. The van der Waals surface area contributed by atoms with Crippen molar-refractivity contribution in [2.75, 3.05) is 11.9 Å². The summed E-state index contributed by atoms with van der Waals surface area (Å²) in [6, 6.07) is 23.3. The third kappa shape index (κ3) is 3.86. The van der Waals surface area contributed by atoms with Gasteiger partial charge in [0.25, 0.3) is 0 Å². The van der Waals surface area contributed by atoms with Gasteiger partial charge < -0.3 is 10.1 Å². The lowest BCUT2D eigenvalue weighted by atomic mass is 10.2. The SMILES string of the molecule is CCOc1ccc(Nc2nc(-c3ccc(Cl)cc3)nc3ccccc23)cc1. The molecule has 4 aromatic rings. The molecule has 27 heavy (non-hydrogen) atoms. The third-order valence-corrected chi connectivity index (χ3v) is 4.39. The molecule has 1 aromatic heterocycles. The fourth-order valence-corrected chi connectivity index (χ4v) is 2.96. The number of halogens is 1. The molecule has 0 saturated heterocycles. The predicted molar refractivity (Wildman–Crippen MR) is 111 cm³/mol. The van der Waals surface area contributed by atoms with Gasteiger partial charge in [0.1, 0.15) is 11.6 Å². The number of rotatable bonds is 5. The molecule has 1 heterocycles. The maximum atomic E-state index is 6.00. The number of benzene rings is 3. The van der Waals surface area contributed by atoms with Crippen molar-refractivity contribution >= 4 is 34.0 Å². The molecule has 0 unspecified atom stereocenters. The van der Waals surface area contributed by atoms with Crippen molar-refractivity contribution < 1.29 is 4.74 Å². The highest BCUT2D eigenvalue weighted by Crippen LogP contribution is 2.28. The van der Waals surface area contributed by atoms with Gasteiger partial charge in [-0.15, -0.1) is 0 Å². The van der Waals surface area contributed by atoms with Gasteiger partial charge in [0.05, 0.1) is 12.1 Å². The molecule has 0 atom stereocenters. The van der Waals surface area contributed by atoms with Crippen molar-refractivity contribution in [2.45, 2.75) is 6.92 Å². The molecular formula is C22H18ClN3O. The fourth-order valence-electron chi connectivity index (χ4n) is 2.84. The minimum Gasteiger partial charge on any atom is -0.494 e. The number of nitrogens with one attached hydrogen (secondary N) is 1. The largest absolute Gasteiger partial charge is 0.494 e. The van der Waals surface area contributed by atoms with Crippen LogP contribution < -0.4 is 10.1 Å². The van der Waals surface area contributed by atoms with Crippen LogP contribution in [-0.2, 0) is 0 Å². The van der Waals surface area contributed by atoms with E-state index >= 15 is 0 Å². The molecule has 4 rings (SSSR count). The highest BCUT2D eigenvalue weighted by Gasteiger charge is 2.10. The van der Waals surface area contributed by atoms with E-state index in [-0.39, 0.29) is 0 Å². The number of para-hydroxylation sites is 1. The van der Waals surface area contributed by atoms with Gasteiger partial charge in [-0.25, -0.2) is 9.97 Å². The van der Waals surface area contributed by atoms with Crippen molar-refractivity contribution in [3.05, 3.63) is 77.8 Å². The minimum absolute atomic E-state index is 0.647. The molecule has 0 bridgehead atoms. The summed E-state index contributed by atoms with van der Waals surface area (Å²) in [7, 11) is 0. The van der Waals surface area contributed by atoms with Gasteiger partial charge >= 0.3 is 0 Å². The average Bonchev–Trinajstić information content (AvgIpc) is 2.70. The number of fused-ring (bicyclic) bond motifs is 1. The highest BCUT2D eigenvalue weighted by atomic mass is 35.5. The quantitative estimate of drug-likeness (QED) is 0.458. The molecule has 0 amide bonds. The lowest BCUT2D eigenvalue weighted by Gasteiger charge is -2.12. The Hall–Kier alpha value is -3.11. The van der Waals surface area contributed by atoms with E-state index in [1.165, 1.54) is 0 Å². The van der Waals surface area contributed by atoms with Crippen LogP contribution in [0.1, 0.15) is 6.92 Å². The van der Waals surface area contributed by atoms with Crippen LogP contribution in [0.4, 0.5) is 11.5 Å². The molecular weight excluding hydrogens is 358 g/mol. The van der Waals surface area contributed by atoms with Gasteiger partial charge in [0.2, 0.25) is 0 Å². The molecule has 0 spiro atoms. The van der Waals surface area contributed by atoms with E-state index in [0.717, 1.165) is 33.7 Å². The maximum absolute atomic E-state index is 6.00. The van der Waals surface area contributed by atoms with Crippen LogP contribution in [0, 0.1) is 0 Å². The first-order valence-corrected chi connectivity index (χ1v) is 9.13. The Labute approximate surface area is 162 Å². The zero-order valence-corrected chi connectivity index (χ0v) is 15.6. The lowest BCUT2D eigenvalue weighted by Crippen LogP contribution is -1.99. The molecule has 0 aliphatic rings. The Morgan fingerprint density at radius 2 is 1.63 bits per heavy atom. The summed E-state index contributed by atoms with van der Waals surface area (Å²) in [5, 5.41) is 5.05. The standard InChI is InChI=1S/C22H18ClN3O/c1-2-27-18-13-11-17(12-14-18)24-22-19-5-3-4-6-20(19)25-21(26-22)15-7-9-16(23)10-8-15/h3-14H,2H2,1H3,(H,24,25,26). The van der Waals surface area contributed by atoms with Gasteiger partial charge in [0, 0.05) is 21.7 Å². The van der Waals surface area contributed by atoms with E-state index < -0.39 is 0 Å². The second kappa shape index (κ2) is 7.64. The second-order valence-corrected chi connectivity index (χ2v) is 6.44. The van der Waals surface area contributed by atoms with Crippen molar-refractivity contribution in [3.63, 3.8) is 0 Å². The van der Waals surface area contributed by atoms with Crippen LogP contribution in [-0.4, -0.2) is 16.6 Å². The second-order valence-electron chi connectivity index (χ2n) is 6.00. The number of anilines is 2. The first-order valence-electron chi connectivity index (χ1n) is 8.75. The number of aromatic nitrogens is 2. The Morgan fingerprint density at radius 3 is 2.37 bits per heavy atom. The summed E-state index contributed by atoms with van der Waals surface area (Å²) in [5.74, 6) is 2.26. The van der Waals surface area contributed by atoms with Crippen molar-refractivity contribution in [3.8, 4) is 17.1 Å². The Balaban J connectivity index is 1.75. The van der Waals surface area contributed by atoms with Gasteiger partial charge in [-0.2, -0.15) is 0 Å². The van der Waals surface area contributed by atoms with E-state index in [4.69, 9.17) is 26.3 Å². The Morgan fingerprint density at radius 1 is 0.889 bits per heavy atom. The van der Waals surface area contributed by atoms with E-state index in [9.17, 15) is 0 Å². The zero-order chi connectivity index (χ0) is 18.6. The molecule has 0 saturated carbocycles. The van der Waals surface area contributed by atoms with Crippen molar-refractivity contribution in [1.82, 2.24) is 9.97 Å². The molecule has 5 heteroatoms. The third-order valence-electron chi connectivity index (χ3n) is 4.13. The number of hydrogen-bond acceptors (Lipinski definition) is 4. The number of ether oxygens (including phenoxy) is 1. The monoisotopic (exact) mass is 375 g/mol. The van der Waals surface area contributed by atoms with E-state index in [2.05, 4.69) is 5.32 Å². The number of nitrogens with zero attached hydrogens (tertiary/aromatic N) is 2. The zero-order valence-electron chi connectivity index (χ0n) is 14.8. The van der Waals surface area contributed by atoms with Crippen LogP contribution in [0.3, 0.4) is 0 Å². The van der Waals surface area contributed by atoms with Crippen LogP contribution in [0.5, 0.6) is 5.75 Å².